The molecule has 34 heavy (non-hydrogen) atoms. The van der Waals surface area contributed by atoms with Crippen LogP contribution in [0.15, 0.2) is 121 Å². The fourth-order valence-corrected chi connectivity index (χ4v) is 6.70. The number of fused-ring (bicyclic) bond motifs is 18. The van der Waals surface area contributed by atoms with Gasteiger partial charge in [0.25, 0.3) is 0 Å². The second kappa shape index (κ2) is 7.95. The van der Waals surface area contributed by atoms with Gasteiger partial charge >= 0.3 is 0 Å². The molecule has 2 aromatic heterocycles. The van der Waals surface area contributed by atoms with E-state index >= 15 is 0 Å². The summed E-state index contributed by atoms with van der Waals surface area (Å²) >= 11 is 3.72. The predicted molar refractivity (Wildman–Crippen MR) is 148 cm³/mol. The minimum Gasteiger partial charge on any atom is -0.135 e. The van der Waals surface area contributed by atoms with E-state index in [0.29, 0.717) is 0 Å². The zero-order valence-electron chi connectivity index (χ0n) is 18.4. The molecule has 6 aromatic rings. The van der Waals surface area contributed by atoms with Crippen LogP contribution in [0.25, 0.3) is 64.0 Å². The van der Waals surface area contributed by atoms with Crippen molar-refractivity contribution in [2.24, 2.45) is 0 Å². The lowest BCUT2D eigenvalue weighted by Gasteiger charge is -2.08. The molecule has 12 bridgehead atoms. The van der Waals surface area contributed by atoms with Gasteiger partial charge in [-0.1, -0.05) is 72.8 Å². The van der Waals surface area contributed by atoms with Gasteiger partial charge in [-0.25, -0.2) is 0 Å². The molecule has 0 N–H and O–H groups in total. The highest BCUT2D eigenvalue weighted by molar-refractivity contribution is 7.19. The Hall–Kier alpha value is -3.72. The van der Waals surface area contributed by atoms with E-state index in [9.17, 15) is 0 Å². The molecule has 2 heteroatoms. The molecule has 1 aliphatic rings. The first kappa shape index (κ1) is 19.7. The summed E-state index contributed by atoms with van der Waals surface area (Å²) in [4.78, 5) is 5.18. The van der Waals surface area contributed by atoms with Crippen LogP contribution in [0.3, 0.4) is 0 Å². The Bertz CT molecular complexity index is 1420. The Kier molecular flexibility index (Phi) is 4.61. The molecular formula is C32H20S2. The second-order valence-electron chi connectivity index (χ2n) is 8.65. The van der Waals surface area contributed by atoms with Gasteiger partial charge in [-0.05, 0) is 93.0 Å². The number of thiophene rings is 2. The van der Waals surface area contributed by atoms with Crippen LogP contribution in [-0.4, -0.2) is 0 Å². The topological polar surface area (TPSA) is 0 Å². The summed E-state index contributed by atoms with van der Waals surface area (Å²) in [7, 11) is 0. The van der Waals surface area contributed by atoms with Crippen molar-refractivity contribution in [1.29, 1.82) is 0 Å². The van der Waals surface area contributed by atoms with Gasteiger partial charge in [-0.15, -0.1) is 22.7 Å². The van der Waals surface area contributed by atoms with E-state index in [4.69, 9.17) is 0 Å². The van der Waals surface area contributed by atoms with E-state index in [-0.39, 0.29) is 0 Å². The molecule has 7 rings (SSSR count). The molecule has 0 unspecified atom stereocenters. The fourth-order valence-electron chi connectivity index (χ4n) is 4.70. The van der Waals surface area contributed by atoms with Crippen molar-refractivity contribution in [3.05, 3.63) is 121 Å². The van der Waals surface area contributed by atoms with Crippen LogP contribution >= 0.6 is 22.7 Å². The molecule has 0 nitrogen and oxygen atoms in total. The summed E-state index contributed by atoms with van der Waals surface area (Å²) in [5.41, 5.74) is 10.1. The number of benzene rings is 4. The third-order valence-electron chi connectivity index (χ3n) is 6.47. The molecule has 0 saturated carbocycles. The molecule has 4 aromatic carbocycles. The standard InChI is InChI=1S/C32H20S2/c1-5-21-17-25(9-1)29-13-14-30(33-29)27-11-3-7-23(19-27)24-8-4-12-28(20-24)32-16-15-31(34-32)26-10-2-6-22(21)18-26/h1-20H. The average molecular weight is 469 g/mol. The predicted octanol–water partition coefficient (Wildman–Crippen LogP) is 10.1. The lowest BCUT2D eigenvalue weighted by Crippen LogP contribution is -1.82. The Morgan fingerprint density at radius 1 is 0.265 bits per heavy atom. The number of hydrogen-bond donors (Lipinski definition) is 0. The van der Waals surface area contributed by atoms with Crippen LogP contribution in [0.4, 0.5) is 0 Å². The zero-order valence-corrected chi connectivity index (χ0v) is 20.0. The van der Waals surface area contributed by atoms with Crippen molar-refractivity contribution in [1.82, 2.24) is 0 Å². The number of hydrogen-bond acceptors (Lipinski definition) is 2. The maximum atomic E-state index is 2.32. The molecule has 0 aliphatic carbocycles. The van der Waals surface area contributed by atoms with Gasteiger partial charge in [0, 0.05) is 19.5 Å². The van der Waals surface area contributed by atoms with E-state index < -0.39 is 0 Å². The fraction of sp³-hybridized carbons (Fsp3) is 0. The van der Waals surface area contributed by atoms with Crippen LogP contribution in [0, 0.1) is 0 Å². The highest BCUT2D eigenvalue weighted by Gasteiger charge is 2.11. The third-order valence-corrected chi connectivity index (χ3v) is 8.83. The van der Waals surface area contributed by atoms with Crippen molar-refractivity contribution in [3.63, 3.8) is 0 Å². The van der Waals surface area contributed by atoms with Crippen molar-refractivity contribution in [2.75, 3.05) is 0 Å². The van der Waals surface area contributed by atoms with Gasteiger partial charge in [0.2, 0.25) is 0 Å². The zero-order chi connectivity index (χ0) is 22.5. The van der Waals surface area contributed by atoms with Crippen molar-refractivity contribution in [2.45, 2.75) is 0 Å². The van der Waals surface area contributed by atoms with Gasteiger partial charge in [0.15, 0.2) is 0 Å². The van der Waals surface area contributed by atoms with Gasteiger partial charge in [-0.2, -0.15) is 0 Å². The van der Waals surface area contributed by atoms with Gasteiger partial charge in [0.05, 0.1) is 0 Å². The summed E-state index contributed by atoms with van der Waals surface area (Å²) in [5, 5.41) is 0. The van der Waals surface area contributed by atoms with Crippen LogP contribution < -0.4 is 0 Å². The van der Waals surface area contributed by atoms with E-state index in [1.165, 1.54) is 64.0 Å². The van der Waals surface area contributed by atoms with E-state index in [2.05, 4.69) is 121 Å². The molecule has 160 valence electrons. The van der Waals surface area contributed by atoms with Crippen molar-refractivity contribution < 1.29 is 0 Å². The molecule has 0 atom stereocenters. The molecule has 3 heterocycles. The van der Waals surface area contributed by atoms with Crippen LogP contribution in [-0.2, 0) is 0 Å². The lowest BCUT2D eigenvalue weighted by atomic mass is 9.99. The monoisotopic (exact) mass is 468 g/mol. The first-order valence-electron chi connectivity index (χ1n) is 11.4. The summed E-state index contributed by atoms with van der Waals surface area (Å²) in [5.74, 6) is 0. The van der Waals surface area contributed by atoms with E-state index in [0.717, 1.165) is 0 Å². The molecule has 0 fully saturated rings. The molecule has 0 saturated heterocycles. The van der Waals surface area contributed by atoms with E-state index in [1.54, 1.807) is 0 Å². The Balaban J connectivity index is 1.48. The Morgan fingerprint density at radius 3 is 0.765 bits per heavy atom. The molecule has 1 aliphatic heterocycles. The summed E-state index contributed by atoms with van der Waals surface area (Å²) < 4.78 is 0. The maximum Gasteiger partial charge on any atom is 0.0349 e. The van der Waals surface area contributed by atoms with E-state index in [1.807, 2.05) is 22.7 Å². The first-order valence-corrected chi connectivity index (χ1v) is 13.1. The SMILES string of the molecule is c1cc2cc(c1)-c1ccc(s1)-c1cccc(c1)-c1cccc(c1)-c1ccc(s1)-c1cccc-2c1. The quantitative estimate of drug-likeness (QED) is 0.208. The molecule has 0 radical (unpaired) electrons. The van der Waals surface area contributed by atoms with Crippen molar-refractivity contribution >= 4 is 22.7 Å². The van der Waals surface area contributed by atoms with Crippen LogP contribution in [0.5, 0.6) is 0 Å². The average Bonchev–Trinajstić information content (AvgIpc) is 3.60. The second-order valence-corrected chi connectivity index (χ2v) is 10.8. The van der Waals surface area contributed by atoms with Crippen molar-refractivity contribution in [3.8, 4) is 64.0 Å². The minimum absolute atomic E-state index is 1.25. The molecular weight excluding hydrogens is 448 g/mol. The van der Waals surface area contributed by atoms with Gasteiger partial charge in [-0.3, -0.25) is 0 Å². The Morgan fingerprint density at radius 2 is 0.500 bits per heavy atom. The minimum atomic E-state index is 1.25. The van der Waals surface area contributed by atoms with Crippen LogP contribution in [0.2, 0.25) is 0 Å². The smallest absolute Gasteiger partial charge is 0.0349 e. The highest BCUT2D eigenvalue weighted by atomic mass is 32.1. The highest BCUT2D eigenvalue weighted by Crippen LogP contribution is 2.40. The number of rotatable bonds is 0. The largest absolute Gasteiger partial charge is 0.135 e. The third kappa shape index (κ3) is 3.43. The lowest BCUT2D eigenvalue weighted by molar-refractivity contribution is 1.61. The Labute approximate surface area is 207 Å². The maximum absolute atomic E-state index is 2.32. The summed E-state index contributed by atoms with van der Waals surface area (Å²) in [6.45, 7) is 0. The summed E-state index contributed by atoms with van der Waals surface area (Å²) in [6.07, 6.45) is 0. The first-order chi connectivity index (χ1) is 16.8. The molecule has 0 amide bonds. The normalized spacial score (nSPS) is 11.5. The van der Waals surface area contributed by atoms with Crippen LogP contribution in [0.1, 0.15) is 0 Å². The molecule has 0 spiro atoms. The van der Waals surface area contributed by atoms with Gasteiger partial charge in [0.1, 0.15) is 0 Å². The van der Waals surface area contributed by atoms with Gasteiger partial charge < -0.3 is 0 Å². The summed E-state index contributed by atoms with van der Waals surface area (Å²) in [6, 6.07) is 44.7.